The molecule has 0 amide bonds. The van der Waals surface area contributed by atoms with Crippen molar-refractivity contribution in [2.24, 2.45) is 0 Å². The normalized spacial score (nSPS) is 11.8. The van der Waals surface area contributed by atoms with Crippen molar-refractivity contribution in [1.82, 2.24) is 9.97 Å². The lowest BCUT2D eigenvalue weighted by Gasteiger charge is -2.15. The number of rotatable bonds is 7. The largest absolute Gasteiger partial charge is 0.352 e. The first-order valence-corrected chi connectivity index (χ1v) is 10.0. The van der Waals surface area contributed by atoms with Crippen molar-refractivity contribution in [2.45, 2.75) is 31.2 Å². The fourth-order valence-corrected chi connectivity index (χ4v) is 2.96. The smallest absolute Gasteiger partial charge is 0.225 e. The number of nitrogens with zero attached hydrogens (tertiary/aromatic N) is 2. The highest BCUT2D eigenvalue weighted by atomic mass is 32.2. The molecule has 2 N–H and O–H groups in total. The molecule has 0 aliphatic carbocycles. The molecular formula is C21H24N4S. The summed E-state index contributed by atoms with van der Waals surface area (Å²) in [7, 11) is 0. The summed E-state index contributed by atoms with van der Waals surface area (Å²) in [4.78, 5) is 10.6. The van der Waals surface area contributed by atoms with E-state index in [-0.39, 0.29) is 0 Å². The van der Waals surface area contributed by atoms with Gasteiger partial charge in [-0.3, -0.25) is 0 Å². The summed E-state index contributed by atoms with van der Waals surface area (Å²) < 4.78 is 0. The molecule has 0 bridgehead atoms. The van der Waals surface area contributed by atoms with Crippen LogP contribution in [0, 0.1) is 0 Å². The van der Waals surface area contributed by atoms with E-state index in [0.717, 1.165) is 29.2 Å². The predicted molar refractivity (Wildman–Crippen MR) is 112 cm³/mol. The molecule has 134 valence electrons. The Balaban J connectivity index is 1.96. The third-order valence-corrected chi connectivity index (χ3v) is 4.85. The zero-order valence-corrected chi connectivity index (χ0v) is 16.2. The summed E-state index contributed by atoms with van der Waals surface area (Å²) in [5.41, 5.74) is 2.99. The van der Waals surface area contributed by atoms with Gasteiger partial charge in [0, 0.05) is 28.3 Å². The number of hydrogen-bond acceptors (Lipinski definition) is 5. The van der Waals surface area contributed by atoms with Gasteiger partial charge in [-0.15, -0.1) is 11.8 Å². The molecule has 0 saturated carbocycles. The van der Waals surface area contributed by atoms with E-state index in [1.807, 2.05) is 36.4 Å². The van der Waals surface area contributed by atoms with Crippen LogP contribution in [0.1, 0.15) is 20.3 Å². The number of nitrogens with one attached hydrogen (secondary N) is 2. The fourth-order valence-electron chi connectivity index (χ4n) is 2.50. The van der Waals surface area contributed by atoms with Crippen molar-refractivity contribution in [3.63, 3.8) is 0 Å². The second-order valence-electron chi connectivity index (χ2n) is 6.14. The van der Waals surface area contributed by atoms with Crippen LogP contribution in [0.3, 0.4) is 0 Å². The second kappa shape index (κ2) is 8.72. The summed E-state index contributed by atoms with van der Waals surface area (Å²) >= 11 is 1.72. The monoisotopic (exact) mass is 364 g/mol. The molecule has 0 unspecified atom stereocenters. The molecule has 1 atom stereocenters. The van der Waals surface area contributed by atoms with Crippen molar-refractivity contribution in [2.75, 3.05) is 16.9 Å². The van der Waals surface area contributed by atoms with Crippen molar-refractivity contribution in [3.8, 4) is 11.3 Å². The van der Waals surface area contributed by atoms with Gasteiger partial charge in [0.1, 0.15) is 5.82 Å². The summed E-state index contributed by atoms with van der Waals surface area (Å²) in [6.07, 6.45) is 3.09. The lowest BCUT2D eigenvalue weighted by atomic mass is 10.1. The minimum absolute atomic E-state index is 0.314. The van der Waals surface area contributed by atoms with Crippen molar-refractivity contribution < 1.29 is 0 Å². The molecule has 4 nitrogen and oxygen atoms in total. The van der Waals surface area contributed by atoms with Gasteiger partial charge in [-0.05, 0) is 37.8 Å². The summed E-state index contributed by atoms with van der Waals surface area (Å²) in [6.45, 7) is 4.28. The molecule has 1 heterocycles. The van der Waals surface area contributed by atoms with E-state index >= 15 is 0 Å². The van der Waals surface area contributed by atoms with Crippen LogP contribution in [-0.2, 0) is 0 Å². The van der Waals surface area contributed by atoms with E-state index in [1.54, 1.807) is 11.8 Å². The third-order valence-electron chi connectivity index (χ3n) is 4.13. The minimum atomic E-state index is 0.314. The van der Waals surface area contributed by atoms with Crippen LogP contribution in [0.25, 0.3) is 11.3 Å². The third kappa shape index (κ3) is 4.76. The van der Waals surface area contributed by atoms with Gasteiger partial charge in [0.15, 0.2) is 0 Å². The van der Waals surface area contributed by atoms with Crippen molar-refractivity contribution in [3.05, 3.63) is 60.7 Å². The predicted octanol–water partition coefficient (Wildman–Crippen LogP) is 5.82. The maximum atomic E-state index is 4.70. The quantitative estimate of drug-likeness (QED) is 0.517. The van der Waals surface area contributed by atoms with E-state index in [9.17, 15) is 0 Å². The molecule has 5 heteroatoms. The van der Waals surface area contributed by atoms with Crippen LogP contribution in [0.5, 0.6) is 0 Å². The van der Waals surface area contributed by atoms with Crippen LogP contribution >= 0.6 is 11.8 Å². The Bertz CT molecular complexity index is 852. The lowest BCUT2D eigenvalue weighted by molar-refractivity contribution is 0.753. The van der Waals surface area contributed by atoms with E-state index in [0.29, 0.717) is 12.0 Å². The Morgan fingerprint density at radius 1 is 1.00 bits per heavy atom. The van der Waals surface area contributed by atoms with Gasteiger partial charge in [0.25, 0.3) is 0 Å². The van der Waals surface area contributed by atoms with E-state index in [4.69, 9.17) is 4.98 Å². The van der Waals surface area contributed by atoms with Gasteiger partial charge in [0.2, 0.25) is 5.95 Å². The van der Waals surface area contributed by atoms with Gasteiger partial charge in [-0.2, -0.15) is 4.98 Å². The topological polar surface area (TPSA) is 49.8 Å². The number of hydrogen-bond donors (Lipinski definition) is 2. The van der Waals surface area contributed by atoms with Crippen LogP contribution in [0.2, 0.25) is 0 Å². The lowest BCUT2D eigenvalue weighted by Crippen LogP contribution is -2.16. The molecule has 0 aliphatic heterocycles. The molecule has 3 rings (SSSR count). The van der Waals surface area contributed by atoms with E-state index in [2.05, 4.69) is 60.0 Å². The van der Waals surface area contributed by atoms with Gasteiger partial charge >= 0.3 is 0 Å². The van der Waals surface area contributed by atoms with Crippen LogP contribution < -0.4 is 10.6 Å². The Morgan fingerprint density at radius 2 is 1.81 bits per heavy atom. The SMILES string of the molecule is CC[C@H](C)Nc1nc(Nc2cccc(SC)c2)cc(-c2ccccc2)n1. The maximum Gasteiger partial charge on any atom is 0.225 e. The zero-order chi connectivity index (χ0) is 18.4. The highest BCUT2D eigenvalue weighted by Gasteiger charge is 2.09. The standard InChI is InChI=1S/C21H24N4S/c1-4-15(2)22-21-24-19(16-9-6-5-7-10-16)14-20(25-21)23-17-11-8-12-18(13-17)26-3/h5-15H,4H2,1-3H3,(H2,22,23,24,25)/t15-/m0/s1. The van der Waals surface area contributed by atoms with Crippen LogP contribution in [0.15, 0.2) is 65.6 Å². The van der Waals surface area contributed by atoms with Crippen LogP contribution in [0.4, 0.5) is 17.5 Å². The summed E-state index contributed by atoms with van der Waals surface area (Å²) in [6, 6.07) is 20.8. The average molecular weight is 365 g/mol. The second-order valence-corrected chi connectivity index (χ2v) is 7.02. The van der Waals surface area contributed by atoms with Crippen LogP contribution in [-0.4, -0.2) is 22.3 Å². The molecule has 3 aromatic rings. The molecule has 0 spiro atoms. The van der Waals surface area contributed by atoms with Gasteiger partial charge < -0.3 is 10.6 Å². The molecular weight excluding hydrogens is 340 g/mol. The van der Waals surface area contributed by atoms with Crippen molar-refractivity contribution >= 4 is 29.2 Å². The Morgan fingerprint density at radius 3 is 2.54 bits per heavy atom. The van der Waals surface area contributed by atoms with Crippen molar-refractivity contribution in [1.29, 1.82) is 0 Å². The molecule has 2 aromatic carbocycles. The molecule has 0 radical (unpaired) electrons. The number of thioether (sulfide) groups is 1. The van der Waals surface area contributed by atoms with Gasteiger partial charge in [-0.1, -0.05) is 43.3 Å². The summed E-state index contributed by atoms with van der Waals surface area (Å²) in [5, 5.41) is 6.80. The highest BCUT2D eigenvalue weighted by molar-refractivity contribution is 7.98. The molecule has 0 fully saturated rings. The fraction of sp³-hybridized carbons (Fsp3) is 0.238. The van der Waals surface area contributed by atoms with Gasteiger partial charge in [0.05, 0.1) is 5.69 Å². The Hall–Kier alpha value is -2.53. The highest BCUT2D eigenvalue weighted by Crippen LogP contribution is 2.25. The first kappa shape index (κ1) is 18.3. The van der Waals surface area contributed by atoms with E-state index < -0.39 is 0 Å². The maximum absolute atomic E-state index is 4.70. The first-order chi connectivity index (χ1) is 12.7. The first-order valence-electron chi connectivity index (χ1n) is 8.80. The van der Waals surface area contributed by atoms with E-state index in [1.165, 1.54) is 4.90 Å². The number of aromatic nitrogens is 2. The molecule has 26 heavy (non-hydrogen) atoms. The van der Waals surface area contributed by atoms with Gasteiger partial charge in [-0.25, -0.2) is 4.98 Å². The summed E-state index contributed by atoms with van der Waals surface area (Å²) in [5.74, 6) is 1.42. The zero-order valence-electron chi connectivity index (χ0n) is 15.4. The Kier molecular flexibility index (Phi) is 6.12. The number of benzene rings is 2. The minimum Gasteiger partial charge on any atom is -0.352 e. The molecule has 0 aliphatic rings. The average Bonchev–Trinajstić information content (AvgIpc) is 2.68. The Labute approximate surface area is 159 Å². The molecule has 0 saturated heterocycles. The number of anilines is 3. The molecule has 1 aromatic heterocycles.